The van der Waals surface area contributed by atoms with Gasteiger partial charge in [0.1, 0.15) is 0 Å². The highest BCUT2D eigenvalue weighted by Crippen LogP contribution is 2.27. The van der Waals surface area contributed by atoms with Crippen molar-refractivity contribution in [2.45, 2.75) is 0 Å². The number of halogens is 3. The molecule has 0 saturated heterocycles. The number of rotatable bonds is 1. The van der Waals surface area contributed by atoms with E-state index in [4.69, 9.17) is 40.5 Å². The quantitative estimate of drug-likeness (QED) is 0.730. The predicted molar refractivity (Wildman–Crippen MR) is 86.8 cm³/mol. The molecule has 21 heavy (non-hydrogen) atoms. The maximum absolute atomic E-state index is 12.4. The molecule has 3 aromatic rings. The van der Waals surface area contributed by atoms with Crippen molar-refractivity contribution in [1.82, 2.24) is 9.55 Å². The third-order valence-corrected chi connectivity index (χ3v) is 3.77. The predicted octanol–water partition coefficient (Wildman–Crippen LogP) is 3.93. The molecule has 0 unspecified atom stereocenters. The molecule has 0 saturated carbocycles. The Hall–Kier alpha value is -1.75. The molecule has 0 spiro atoms. The second kappa shape index (κ2) is 5.22. The summed E-state index contributed by atoms with van der Waals surface area (Å²) in [6, 6.07) is 9.85. The van der Waals surface area contributed by atoms with Gasteiger partial charge in [0.05, 0.1) is 21.7 Å². The minimum atomic E-state index is -0.450. The third kappa shape index (κ3) is 2.46. The highest BCUT2D eigenvalue weighted by atomic mass is 35.5. The van der Waals surface area contributed by atoms with Crippen LogP contribution in [-0.2, 0) is 0 Å². The van der Waals surface area contributed by atoms with E-state index in [9.17, 15) is 4.79 Å². The first-order valence-corrected chi connectivity index (χ1v) is 7.04. The number of benzene rings is 2. The zero-order chi connectivity index (χ0) is 15.1. The minimum absolute atomic E-state index is 0.129. The number of fused-ring (bicyclic) bond motifs is 1. The van der Waals surface area contributed by atoms with Crippen LogP contribution in [0.2, 0.25) is 15.1 Å². The fourth-order valence-electron chi connectivity index (χ4n) is 2.08. The molecule has 1 heterocycles. The van der Waals surface area contributed by atoms with Gasteiger partial charge in [-0.2, -0.15) is 0 Å². The van der Waals surface area contributed by atoms with Crippen LogP contribution in [0.5, 0.6) is 0 Å². The number of nitrogens with zero attached hydrogens (tertiary/aromatic N) is 2. The highest BCUT2D eigenvalue weighted by molar-refractivity contribution is 6.35. The Bertz CT molecular complexity index is 921. The van der Waals surface area contributed by atoms with Crippen molar-refractivity contribution in [3.8, 4) is 5.69 Å². The third-order valence-electron chi connectivity index (χ3n) is 2.99. The van der Waals surface area contributed by atoms with Crippen molar-refractivity contribution >= 4 is 51.7 Å². The van der Waals surface area contributed by atoms with Crippen molar-refractivity contribution in [3.63, 3.8) is 0 Å². The first kappa shape index (κ1) is 14.2. The van der Waals surface area contributed by atoms with Crippen LogP contribution in [0.4, 0.5) is 5.82 Å². The van der Waals surface area contributed by atoms with Crippen molar-refractivity contribution in [2.24, 2.45) is 0 Å². The lowest BCUT2D eigenvalue weighted by molar-refractivity contribution is 1.02. The number of aromatic nitrogens is 2. The molecule has 0 atom stereocenters. The molecule has 0 radical (unpaired) electrons. The largest absolute Gasteiger partial charge is 0.379 e. The fraction of sp³-hybridized carbons (Fsp3) is 0. The standard InChI is InChI=1S/C14H8Cl3N3O/c15-7-1-3-11(9(17)5-7)20-12-4-2-8(16)6-10(12)19-13(18)14(20)21/h1-6H,(H2,18,19). The average Bonchev–Trinajstić information content (AvgIpc) is 2.42. The molecule has 0 amide bonds. The molecule has 0 fully saturated rings. The lowest BCUT2D eigenvalue weighted by Crippen LogP contribution is -2.23. The van der Waals surface area contributed by atoms with Crippen LogP contribution in [0.1, 0.15) is 0 Å². The molecule has 0 bridgehead atoms. The molecule has 1 aromatic heterocycles. The van der Waals surface area contributed by atoms with Crippen LogP contribution in [-0.4, -0.2) is 9.55 Å². The van der Waals surface area contributed by atoms with E-state index in [0.29, 0.717) is 31.8 Å². The van der Waals surface area contributed by atoms with E-state index in [2.05, 4.69) is 4.98 Å². The Morgan fingerprint density at radius 1 is 1.00 bits per heavy atom. The van der Waals surface area contributed by atoms with E-state index >= 15 is 0 Å². The Labute approximate surface area is 134 Å². The van der Waals surface area contributed by atoms with Gasteiger partial charge >= 0.3 is 0 Å². The van der Waals surface area contributed by atoms with Crippen molar-refractivity contribution in [3.05, 3.63) is 61.8 Å². The lowest BCUT2D eigenvalue weighted by Gasteiger charge is -2.12. The first-order chi connectivity index (χ1) is 9.97. The monoisotopic (exact) mass is 339 g/mol. The molecule has 0 aliphatic rings. The SMILES string of the molecule is Nc1nc2cc(Cl)ccc2n(-c2ccc(Cl)cc2Cl)c1=O. The van der Waals surface area contributed by atoms with E-state index in [1.807, 2.05) is 0 Å². The maximum Gasteiger partial charge on any atom is 0.298 e. The molecule has 3 rings (SSSR count). The number of nitrogen functional groups attached to an aromatic ring is 1. The summed E-state index contributed by atoms with van der Waals surface area (Å²) < 4.78 is 1.40. The van der Waals surface area contributed by atoms with Gasteiger partial charge in [-0.25, -0.2) is 4.98 Å². The Morgan fingerprint density at radius 2 is 1.67 bits per heavy atom. The summed E-state index contributed by atoms with van der Waals surface area (Å²) in [5.41, 5.74) is 6.79. The summed E-state index contributed by atoms with van der Waals surface area (Å²) in [5, 5.41) is 1.32. The van der Waals surface area contributed by atoms with Gasteiger partial charge < -0.3 is 5.73 Å². The Kier molecular flexibility index (Phi) is 3.53. The van der Waals surface area contributed by atoms with E-state index in [0.717, 1.165) is 0 Å². The van der Waals surface area contributed by atoms with Gasteiger partial charge in [-0.3, -0.25) is 9.36 Å². The molecule has 106 valence electrons. The number of hydrogen-bond donors (Lipinski definition) is 1. The van der Waals surface area contributed by atoms with Gasteiger partial charge in [-0.05, 0) is 36.4 Å². The van der Waals surface area contributed by atoms with Gasteiger partial charge in [0.15, 0.2) is 5.82 Å². The summed E-state index contributed by atoms with van der Waals surface area (Å²) in [4.78, 5) is 16.4. The summed E-state index contributed by atoms with van der Waals surface area (Å²) in [6.45, 7) is 0. The van der Waals surface area contributed by atoms with Crippen LogP contribution < -0.4 is 11.3 Å². The second-order valence-electron chi connectivity index (χ2n) is 4.37. The Balaban J connectivity index is 2.46. The Morgan fingerprint density at radius 3 is 2.38 bits per heavy atom. The topological polar surface area (TPSA) is 60.9 Å². The molecule has 2 N–H and O–H groups in total. The molecular weight excluding hydrogens is 333 g/mol. The van der Waals surface area contributed by atoms with E-state index < -0.39 is 5.56 Å². The van der Waals surface area contributed by atoms with Gasteiger partial charge in [0.25, 0.3) is 5.56 Å². The van der Waals surface area contributed by atoms with Crippen LogP contribution in [0.25, 0.3) is 16.7 Å². The summed E-state index contributed by atoms with van der Waals surface area (Å²) >= 11 is 18.0. The van der Waals surface area contributed by atoms with Gasteiger partial charge in [-0.15, -0.1) is 0 Å². The van der Waals surface area contributed by atoms with Gasteiger partial charge in [0, 0.05) is 10.0 Å². The fourth-order valence-corrected chi connectivity index (χ4v) is 2.74. The maximum atomic E-state index is 12.4. The first-order valence-electron chi connectivity index (χ1n) is 5.90. The average molecular weight is 341 g/mol. The number of hydrogen-bond acceptors (Lipinski definition) is 3. The van der Waals surface area contributed by atoms with Crippen LogP contribution >= 0.6 is 34.8 Å². The molecule has 4 nitrogen and oxygen atoms in total. The van der Waals surface area contributed by atoms with E-state index in [1.165, 1.54) is 4.57 Å². The van der Waals surface area contributed by atoms with Gasteiger partial charge in [0.2, 0.25) is 0 Å². The molecule has 0 aliphatic heterocycles. The molecule has 7 heteroatoms. The molecule has 0 aliphatic carbocycles. The van der Waals surface area contributed by atoms with Crippen LogP contribution in [0.15, 0.2) is 41.2 Å². The van der Waals surface area contributed by atoms with Crippen molar-refractivity contribution in [1.29, 1.82) is 0 Å². The zero-order valence-corrected chi connectivity index (χ0v) is 12.7. The summed E-state index contributed by atoms with van der Waals surface area (Å²) in [5.74, 6) is -0.129. The smallest absolute Gasteiger partial charge is 0.298 e. The highest BCUT2D eigenvalue weighted by Gasteiger charge is 2.13. The minimum Gasteiger partial charge on any atom is -0.379 e. The second-order valence-corrected chi connectivity index (χ2v) is 5.65. The molecule has 2 aromatic carbocycles. The molecular formula is C14H8Cl3N3O. The number of nitrogens with two attached hydrogens (primary N) is 1. The lowest BCUT2D eigenvalue weighted by atomic mass is 10.2. The van der Waals surface area contributed by atoms with Crippen molar-refractivity contribution in [2.75, 3.05) is 5.73 Å². The summed E-state index contributed by atoms with van der Waals surface area (Å²) in [6.07, 6.45) is 0. The number of anilines is 1. The van der Waals surface area contributed by atoms with Crippen molar-refractivity contribution < 1.29 is 0 Å². The van der Waals surface area contributed by atoms with E-state index in [-0.39, 0.29) is 5.82 Å². The van der Waals surface area contributed by atoms with E-state index in [1.54, 1.807) is 36.4 Å². The summed E-state index contributed by atoms with van der Waals surface area (Å²) in [7, 11) is 0. The van der Waals surface area contributed by atoms with Crippen LogP contribution in [0, 0.1) is 0 Å². The van der Waals surface area contributed by atoms with Crippen LogP contribution in [0.3, 0.4) is 0 Å². The van der Waals surface area contributed by atoms with Gasteiger partial charge in [-0.1, -0.05) is 34.8 Å². The normalized spacial score (nSPS) is 11.0. The zero-order valence-electron chi connectivity index (χ0n) is 10.5.